The third-order valence-electron chi connectivity index (χ3n) is 3.69. The van der Waals surface area contributed by atoms with Gasteiger partial charge in [-0.1, -0.05) is 42.5 Å². The maximum atomic E-state index is 13.1. The number of methoxy groups -OCH3 is 2. The fraction of sp³-hybridized carbons (Fsp3) is 0.105. The lowest BCUT2D eigenvalue weighted by Gasteiger charge is -2.13. The van der Waals surface area contributed by atoms with Crippen LogP contribution in [0.2, 0.25) is 0 Å². The Labute approximate surface area is 129 Å². The maximum absolute atomic E-state index is 13.1. The van der Waals surface area contributed by atoms with Gasteiger partial charge in [-0.05, 0) is 29.0 Å². The normalized spacial score (nSPS) is 10.5. The Morgan fingerprint density at radius 2 is 1.45 bits per heavy atom. The van der Waals surface area contributed by atoms with Gasteiger partial charge in [-0.2, -0.15) is 0 Å². The second-order valence-corrected chi connectivity index (χ2v) is 4.89. The van der Waals surface area contributed by atoms with Gasteiger partial charge in [0.2, 0.25) is 5.78 Å². The first kappa shape index (κ1) is 14.1. The summed E-state index contributed by atoms with van der Waals surface area (Å²) >= 11 is 0. The van der Waals surface area contributed by atoms with Crippen molar-refractivity contribution in [2.45, 2.75) is 0 Å². The number of benzene rings is 3. The molecule has 0 fully saturated rings. The van der Waals surface area contributed by atoms with E-state index in [1.54, 1.807) is 26.4 Å². The van der Waals surface area contributed by atoms with Crippen molar-refractivity contribution in [3.05, 3.63) is 71.8 Å². The number of ether oxygens (including phenoxy) is 2. The molecular weight excluding hydrogens is 276 g/mol. The van der Waals surface area contributed by atoms with Crippen LogP contribution in [-0.2, 0) is 0 Å². The van der Waals surface area contributed by atoms with Crippen molar-refractivity contribution in [3.8, 4) is 11.5 Å². The van der Waals surface area contributed by atoms with Gasteiger partial charge >= 0.3 is 0 Å². The summed E-state index contributed by atoms with van der Waals surface area (Å²) in [6, 6.07) is 18.8. The van der Waals surface area contributed by atoms with Gasteiger partial charge in [0.25, 0.3) is 0 Å². The molecule has 3 nitrogen and oxygen atoms in total. The number of carbonyl (C=O) groups excluding carboxylic acids is 1. The molecule has 0 radical (unpaired) electrons. The van der Waals surface area contributed by atoms with Crippen molar-refractivity contribution < 1.29 is 14.3 Å². The largest absolute Gasteiger partial charge is 0.496 e. The molecule has 3 heteroatoms. The first-order valence-electron chi connectivity index (χ1n) is 6.99. The minimum absolute atomic E-state index is 0.105. The zero-order valence-electron chi connectivity index (χ0n) is 12.5. The average molecular weight is 292 g/mol. The fourth-order valence-corrected chi connectivity index (χ4v) is 2.62. The van der Waals surface area contributed by atoms with Crippen LogP contribution < -0.4 is 9.47 Å². The summed E-state index contributed by atoms with van der Waals surface area (Å²) in [6.45, 7) is 0. The van der Waals surface area contributed by atoms with Crippen molar-refractivity contribution in [3.63, 3.8) is 0 Å². The molecule has 0 heterocycles. The quantitative estimate of drug-likeness (QED) is 0.679. The third kappa shape index (κ3) is 2.31. The third-order valence-corrected chi connectivity index (χ3v) is 3.69. The van der Waals surface area contributed by atoms with Crippen LogP contribution in [0.25, 0.3) is 10.8 Å². The van der Waals surface area contributed by atoms with Gasteiger partial charge in [0.05, 0.1) is 25.3 Å². The molecule has 0 bridgehead atoms. The second-order valence-electron chi connectivity index (χ2n) is 4.89. The van der Waals surface area contributed by atoms with E-state index >= 15 is 0 Å². The molecule has 110 valence electrons. The molecule has 0 saturated carbocycles. The molecule has 0 N–H and O–H groups in total. The van der Waals surface area contributed by atoms with Crippen molar-refractivity contribution in [2.75, 3.05) is 14.2 Å². The molecule has 22 heavy (non-hydrogen) atoms. The highest BCUT2D eigenvalue weighted by Crippen LogP contribution is 2.32. The minimum atomic E-state index is -0.105. The van der Waals surface area contributed by atoms with Crippen LogP contribution >= 0.6 is 0 Å². The van der Waals surface area contributed by atoms with Gasteiger partial charge in [-0.15, -0.1) is 0 Å². The lowest BCUT2D eigenvalue weighted by atomic mass is 9.95. The number of ketones is 1. The molecule has 0 aromatic heterocycles. The van der Waals surface area contributed by atoms with Gasteiger partial charge in [-0.3, -0.25) is 4.79 Å². The van der Waals surface area contributed by atoms with E-state index in [1.165, 1.54) is 0 Å². The standard InChI is InChI=1S/C19H16O3/c1-21-16-10-6-5-9-15(16)19(20)18-14-8-4-3-7-13(14)11-12-17(18)22-2/h3-12H,1-2H3. The molecule has 3 aromatic rings. The SMILES string of the molecule is COc1ccccc1C(=O)c1c(OC)ccc2ccccc12. The number of carbonyl (C=O) groups is 1. The Hall–Kier alpha value is -2.81. The Bertz CT molecular complexity index is 837. The van der Waals surface area contributed by atoms with E-state index in [0.29, 0.717) is 22.6 Å². The zero-order chi connectivity index (χ0) is 15.5. The summed E-state index contributed by atoms with van der Waals surface area (Å²) in [4.78, 5) is 13.1. The first-order valence-corrected chi connectivity index (χ1v) is 6.99. The number of para-hydroxylation sites is 1. The monoisotopic (exact) mass is 292 g/mol. The highest BCUT2D eigenvalue weighted by molar-refractivity contribution is 6.19. The molecule has 3 aromatic carbocycles. The Balaban J connectivity index is 2.26. The fourth-order valence-electron chi connectivity index (χ4n) is 2.62. The van der Waals surface area contributed by atoms with E-state index in [-0.39, 0.29) is 5.78 Å². The predicted molar refractivity (Wildman–Crippen MR) is 86.9 cm³/mol. The molecule has 3 rings (SSSR count). The zero-order valence-corrected chi connectivity index (χ0v) is 12.5. The van der Waals surface area contributed by atoms with Crippen LogP contribution in [0.15, 0.2) is 60.7 Å². The van der Waals surface area contributed by atoms with E-state index in [9.17, 15) is 4.79 Å². The second kappa shape index (κ2) is 5.90. The van der Waals surface area contributed by atoms with Crippen molar-refractivity contribution in [1.29, 1.82) is 0 Å². The molecule has 0 amide bonds. The molecule has 0 saturated heterocycles. The van der Waals surface area contributed by atoms with Crippen molar-refractivity contribution in [1.82, 2.24) is 0 Å². The molecule has 0 aliphatic rings. The average Bonchev–Trinajstić information content (AvgIpc) is 2.60. The first-order chi connectivity index (χ1) is 10.8. The summed E-state index contributed by atoms with van der Waals surface area (Å²) in [5.74, 6) is 1.02. The summed E-state index contributed by atoms with van der Waals surface area (Å²) in [5, 5.41) is 1.87. The van der Waals surface area contributed by atoms with Gasteiger partial charge in [0.1, 0.15) is 11.5 Å². The molecular formula is C19H16O3. The van der Waals surface area contributed by atoms with E-state index in [0.717, 1.165) is 10.8 Å². The summed E-state index contributed by atoms with van der Waals surface area (Å²) in [7, 11) is 3.13. The lowest BCUT2D eigenvalue weighted by molar-refractivity contribution is 0.103. The maximum Gasteiger partial charge on any atom is 0.201 e. The molecule has 0 aliphatic carbocycles. The van der Waals surface area contributed by atoms with Crippen molar-refractivity contribution in [2.24, 2.45) is 0 Å². The number of hydrogen-bond acceptors (Lipinski definition) is 3. The van der Waals surface area contributed by atoms with Gasteiger partial charge in [0, 0.05) is 0 Å². The molecule has 0 aliphatic heterocycles. The lowest BCUT2D eigenvalue weighted by Crippen LogP contribution is -2.07. The summed E-state index contributed by atoms with van der Waals surface area (Å²) < 4.78 is 10.7. The smallest absolute Gasteiger partial charge is 0.201 e. The molecule has 0 spiro atoms. The Morgan fingerprint density at radius 3 is 2.23 bits per heavy atom. The summed E-state index contributed by atoms with van der Waals surface area (Å²) in [6.07, 6.45) is 0. The van der Waals surface area contributed by atoms with Crippen LogP contribution in [0, 0.1) is 0 Å². The topological polar surface area (TPSA) is 35.5 Å². The predicted octanol–water partition coefficient (Wildman–Crippen LogP) is 4.09. The van der Waals surface area contributed by atoms with Crippen LogP contribution in [0.1, 0.15) is 15.9 Å². The van der Waals surface area contributed by atoms with Gasteiger partial charge in [-0.25, -0.2) is 0 Å². The van der Waals surface area contributed by atoms with Gasteiger partial charge < -0.3 is 9.47 Å². The Morgan fingerprint density at radius 1 is 0.773 bits per heavy atom. The van der Waals surface area contributed by atoms with Crippen LogP contribution in [-0.4, -0.2) is 20.0 Å². The van der Waals surface area contributed by atoms with E-state index in [2.05, 4.69) is 0 Å². The number of fused-ring (bicyclic) bond motifs is 1. The van der Waals surface area contributed by atoms with Gasteiger partial charge in [0.15, 0.2) is 0 Å². The summed E-state index contributed by atoms with van der Waals surface area (Å²) in [5.41, 5.74) is 1.09. The number of hydrogen-bond donors (Lipinski definition) is 0. The highest BCUT2D eigenvalue weighted by atomic mass is 16.5. The van der Waals surface area contributed by atoms with Crippen LogP contribution in [0.5, 0.6) is 11.5 Å². The van der Waals surface area contributed by atoms with E-state index in [4.69, 9.17) is 9.47 Å². The molecule has 0 unspecified atom stereocenters. The highest BCUT2D eigenvalue weighted by Gasteiger charge is 2.20. The molecule has 0 atom stereocenters. The number of rotatable bonds is 4. The minimum Gasteiger partial charge on any atom is -0.496 e. The van der Waals surface area contributed by atoms with Crippen LogP contribution in [0.3, 0.4) is 0 Å². The van der Waals surface area contributed by atoms with Crippen LogP contribution in [0.4, 0.5) is 0 Å². The van der Waals surface area contributed by atoms with E-state index < -0.39 is 0 Å². The van der Waals surface area contributed by atoms with Crippen molar-refractivity contribution >= 4 is 16.6 Å². The van der Waals surface area contributed by atoms with E-state index in [1.807, 2.05) is 48.5 Å². The Kier molecular flexibility index (Phi) is 3.79.